The van der Waals surface area contributed by atoms with Crippen molar-refractivity contribution in [3.8, 4) is 0 Å². The van der Waals surface area contributed by atoms with E-state index in [1.54, 1.807) is 4.90 Å². The van der Waals surface area contributed by atoms with E-state index in [-0.39, 0.29) is 11.6 Å². The van der Waals surface area contributed by atoms with Gasteiger partial charge in [0.15, 0.2) is 0 Å². The van der Waals surface area contributed by atoms with Gasteiger partial charge in [-0.05, 0) is 52.4 Å². The molecule has 1 aliphatic carbocycles. The summed E-state index contributed by atoms with van der Waals surface area (Å²) in [5.41, 5.74) is -0.542. The van der Waals surface area contributed by atoms with Crippen molar-refractivity contribution >= 4 is 12.5 Å². The van der Waals surface area contributed by atoms with Gasteiger partial charge in [-0.3, -0.25) is 4.79 Å². The van der Waals surface area contributed by atoms with Crippen molar-refractivity contribution in [2.45, 2.75) is 51.7 Å². The van der Waals surface area contributed by atoms with Gasteiger partial charge in [-0.2, -0.15) is 0 Å². The number of hydrogen-bond donors (Lipinski definition) is 1. The SMILES string of the molecule is CC(C)(C)OC(=O)N1C[C@@H]2C[C@@](C)(NC=O)C[C@@H]2C1. The van der Waals surface area contributed by atoms with E-state index < -0.39 is 5.60 Å². The fraction of sp³-hybridized carbons (Fsp3) is 0.857. The minimum Gasteiger partial charge on any atom is -0.444 e. The standard InChI is InChI=1S/C14H24N2O3/c1-13(2,3)19-12(18)16-7-10-5-14(4,15-9-17)6-11(10)8-16/h9-11H,5-8H2,1-4H3,(H,15,17)/t10-,11+,14+. The number of hydrogen-bond acceptors (Lipinski definition) is 3. The van der Waals surface area contributed by atoms with Crippen LogP contribution in [0.4, 0.5) is 4.79 Å². The Morgan fingerprint density at radius 2 is 1.84 bits per heavy atom. The summed E-state index contributed by atoms with van der Waals surface area (Å²) in [6.45, 7) is 9.22. The Balaban J connectivity index is 1.91. The highest BCUT2D eigenvalue weighted by Gasteiger charge is 2.48. The maximum absolute atomic E-state index is 12.0. The topological polar surface area (TPSA) is 58.6 Å². The minimum atomic E-state index is -0.442. The van der Waals surface area contributed by atoms with E-state index >= 15 is 0 Å². The van der Waals surface area contributed by atoms with Crippen LogP contribution in [0.15, 0.2) is 0 Å². The maximum Gasteiger partial charge on any atom is 0.410 e. The lowest BCUT2D eigenvalue weighted by Gasteiger charge is -2.28. The minimum absolute atomic E-state index is 0.100. The molecule has 0 unspecified atom stereocenters. The number of nitrogens with zero attached hydrogens (tertiary/aromatic N) is 1. The summed E-state index contributed by atoms with van der Waals surface area (Å²) in [7, 11) is 0. The zero-order valence-electron chi connectivity index (χ0n) is 12.2. The predicted molar refractivity (Wildman–Crippen MR) is 71.6 cm³/mol. The molecule has 2 aliphatic rings. The molecule has 5 nitrogen and oxygen atoms in total. The molecule has 0 aromatic carbocycles. The molecule has 0 spiro atoms. The van der Waals surface area contributed by atoms with Crippen molar-refractivity contribution in [1.29, 1.82) is 0 Å². The Morgan fingerprint density at radius 1 is 1.32 bits per heavy atom. The highest BCUT2D eigenvalue weighted by atomic mass is 16.6. The van der Waals surface area contributed by atoms with Crippen molar-refractivity contribution in [3.63, 3.8) is 0 Å². The Bertz CT molecular complexity index is 361. The second-order valence-electron chi connectivity index (χ2n) is 7.14. The third-order valence-corrected chi connectivity index (χ3v) is 4.06. The number of nitrogens with one attached hydrogen (secondary N) is 1. The van der Waals surface area contributed by atoms with Crippen LogP contribution in [0, 0.1) is 11.8 Å². The molecule has 2 amide bonds. The van der Waals surface area contributed by atoms with Gasteiger partial charge in [0.05, 0.1) is 0 Å². The molecule has 0 aromatic rings. The summed E-state index contributed by atoms with van der Waals surface area (Å²) in [5, 5.41) is 2.92. The highest BCUT2D eigenvalue weighted by Crippen LogP contribution is 2.43. The number of amides is 2. The van der Waals surface area contributed by atoms with Gasteiger partial charge in [0, 0.05) is 18.6 Å². The second kappa shape index (κ2) is 4.69. The number of fused-ring (bicyclic) bond motifs is 1. The van der Waals surface area contributed by atoms with Gasteiger partial charge in [-0.15, -0.1) is 0 Å². The Kier molecular flexibility index (Phi) is 3.49. The van der Waals surface area contributed by atoms with Crippen molar-refractivity contribution in [2.75, 3.05) is 13.1 Å². The predicted octanol–water partition coefficient (Wildman–Crippen LogP) is 1.77. The molecule has 1 saturated heterocycles. The van der Waals surface area contributed by atoms with E-state index in [2.05, 4.69) is 12.2 Å². The van der Waals surface area contributed by atoms with Gasteiger partial charge in [-0.1, -0.05) is 0 Å². The monoisotopic (exact) mass is 268 g/mol. The molecule has 1 aliphatic heterocycles. The van der Waals surface area contributed by atoms with Crippen LogP contribution in [0.3, 0.4) is 0 Å². The van der Waals surface area contributed by atoms with Crippen LogP contribution in [0.25, 0.3) is 0 Å². The lowest BCUT2D eigenvalue weighted by molar-refractivity contribution is -0.111. The normalized spacial score (nSPS) is 34.0. The van der Waals surface area contributed by atoms with Gasteiger partial charge in [0.25, 0.3) is 0 Å². The molecule has 5 heteroatoms. The van der Waals surface area contributed by atoms with Crippen LogP contribution >= 0.6 is 0 Å². The summed E-state index contributed by atoms with van der Waals surface area (Å²) in [5.74, 6) is 0.954. The summed E-state index contributed by atoms with van der Waals surface area (Å²) >= 11 is 0. The van der Waals surface area contributed by atoms with Gasteiger partial charge < -0.3 is 15.0 Å². The first kappa shape index (κ1) is 14.2. The third-order valence-electron chi connectivity index (χ3n) is 4.06. The van der Waals surface area contributed by atoms with Crippen LogP contribution < -0.4 is 5.32 Å². The molecule has 0 aromatic heterocycles. The number of carbonyl (C=O) groups is 2. The quantitative estimate of drug-likeness (QED) is 0.776. The van der Waals surface area contributed by atoms with E-state index in [1.807, 2.05) is 20.8 Å². The molecular weight excluding hydrogens is 244 g/mol. The zero-order chi connectivity index (χ0) is 14.3. The first-order valence-electron chi connectivity index (χ1n) is 6.92. The van der Waals surface area contributed by atoms with Crippen LogP contribution in [0.5, 0.6) is 0 Å². The van der Waals surface area contributed by atoms with Crippen molar-refractivity contribution < 1.29 is 14.3 Å². The van der Waals surface area contributed by atoms with E-state index in [1.165, 1.54) is 0 Å². The number of likely N-dealkylation sites (tertiary alicyclic amines) is 1. The first-order valence-corrected chi connectivity index (χ1v) is 6.92. The second-order valence-corrected chi connectivity index (χ2v) is 7.14. The van der Waals surface area contributed by atoms with Gasteiger partial charge >= 0.3 is 6.09 Å². The lowest BCUT2D eigenvalue weighted by atomic mass is 9.98. The fourth-order valence-electron chi connectivity index (χ4n) is 3.38. The zero-order valence-corrected chi connectivity index (χ0v) is 12.2. The van der Waals surface area contributed by atoms with Crippen molar-refractivity contribution in [1.82, 2.24) is 10.2 Å². The largest absolute Gasteiger partial charge is 0.444 e. The Morgan fingerprint density at radius 3 is 2.26 bits per heavy atom. The number of rotatable bonds is 2. The van der Waals surface area contributed by atoms with Crippen LogP contribution in [-0.2, 0) is 9.53 Å². The number of carbonyl (C=O) groups excluding carboxylic acids is 2. The first-order chi connectivity index (χ1) is 8.72. The molecule has 1 N–H and O–H groups in total. The molecule has 2 rings (SSSR count). The molecule has 0 bridgehead atoms. The van der Waals surface area contributed by atoms with E-state index in [0.717, 1.165) is 32.3 Å². The van der Waals surface area contributed by atoms with Gasteiger partial charge in [-0.25, -0.2) is 4.79 Å². The third kappa shape index (κ3) is 3.19. The van der Waals surface area contributed by atoms with E-state index in [0.29, 0.717) is 11.8 Å². The number of ether oxygens (including phenoxy) is 1. The molecule has 108 valence electrons. The highest BCUT2D eigenvalue weighted by molar-refractivity contribution is 5.68. The van der Waals surface area contributed by atoms with Crippen LogP contribution in [0.2, 0.25) is 0 Å². The molecule has 3 atom stereocenters. The average Bonchev–Trinajstić information content (AvgIpc) is 2.69. The molecular formula is C14H24N2O3. The molecule has 1 saturated carbocycles. The van der Waals surface area contributed by atoms with E-state index in [4.69, 9.17) is 4.74 Å². The van der Waals surface area contributed by atoms with Crippen molar-refractivity contribution in [2.24, 2.45) is 11.8 Å². The molecule has 0 radical (unpaired) electrons. The van der Waals surface area contributed by atoms with Crippen LogP contribution in [0.1, 0.15) is 40.5 Å². The summed E-state index contributed by atoms with van der Waals surface area (Å²) in [6.07, 6.45) is 2.45. The fourth-order valence-corrected chi connectivity index (χ4v) is 3.38. The molecule has 2 fully saturated rings. The summed E-state index contributed by atoms with van der Waals surface area (Å²) < 4.78 is 5.40. The Labute approximate surface area is 114 Å². The maximum atomic E-state index is 12.0. The summed E-state index contributed by atoms with van der Waals surface area (Å²) in [4.78, 5) is 24.4. The van der Waals surface area contributed by atoms with Crippen LogP contribution in [-0.4, -0.2) is 41.6 Å². The summed E-state index contributed by atoms with van der Waals surface area (Å²) in [6, 6.07) is 0. The smallest absolute Gasteiger partial charge is 0.410 e. The molecule has 1 heterocycles. The van der Waals surface area contributed by atoms with Gasteiger partial charge in [0.1, 0.15) is 5.60 Å². The lowest BCUT2D eigenvalue weighted by Crippen LogP contribution is -2.42. The Hall–Kier alpha value is -1.26. The van der Waals surface area contributed by atoms with Gasteiger partial charge in [0.2, 0.25) is 6.41 Å². The van der Waals surface area contributed by atoms with E-state index in [9.17, 15) is 9.59 Å². The average molecular weight is 268 g/mol. The molecule has 19 heavy (non-hydrogen) atoms. The van der Waals surface area contributed by atoms with Crippen molar-refractivity contribution in [3.05, 3.63) is 0 Å².